The summed E-state index contributed by atoms with van der Waals surface area (Å²) in [5.74, 6) is 1.33. The summed E-state index contributed by atoms with van der Waals surface area (Å²) in [6.07, 6.45) is -0.154. The van der Waals surface area contributed by atoms with Crippen molar-refractivity contribution in [3.63, 3.8) is 0 Å². The van der Waals surface area contributed by atoms with Crippen molar-refractivity contribution in [1.82, 2.24) is 5.32 Å². The Balaban J connectivity index is 0.00000441. The normalized spacial score (nSPS) is 12.7. The smallest absolute Gasteiger partial charge is 0.222 e. The minimum Gasteiger partial charge on any atom is -0.497 e. The molecule has 0 spiro atoms. The zero-order valence-electron chi connectivity index (χ0n) is 13.2. The van der Waals surface area contributed by atoms with Gasteiger partial charge < -0.3 is 25.3 Å². The van der Waals surface area contributed by atoms with Gasteiger partial charge in [0.05, 0.1) is 26.2 Å². The third-order valence-electron chi connectivity index (χ3n) is 2.97. The minimum absolute atomic E-state index is 0. The molecule has 0 fully saturated rings. The average molecular weight is 333 g/mol. The van der Waals surface area contributed by atoms with Crippen LogP contribution in [0.5, 0.6) is 11.5 Å². The van der Waals surface area contributed by atoms with E-state index in [1.54, 1.807) is 20.3 Å². The standard InChI is InChI=1S/C15H24N2O4.ClH/c1-11(10-17-15(18)8-14(9-16)20-3)21-13-6-4-5-12(7-13)19-2;/h4-7,11,14H,8-10,16H2,1-3H3,(H,17,18);1H. The number of hydrogen-bond donors (Lipinski definition) is 2. The molecule has 0 saturated heterocycles. The maximum absolute atomic E-state index is 11.7. The van der Waals surface area contributed by atoms with E-state index in [1.165, 1.54) is 0 Å². The Labute approximate surface area is 137 Å². The molecule has 1 rings (SSSR count). The van der Waals surface area contributed by atoms with E-state index in [-0.39, 0.29) is 36.9 Å². The van der Waals surface area contributed by atoms with Crippen LogP contribution in [0.3, 0.4) is 0 Å². The Morgan fingerprint density at radius 2 is 2.00 bits per heavy atom. The fourth-order valence-corrected chi connectivity index (χ4v) is 1.75. The van der Waals surface area contributed by atoms with Crippen LogP contribution in [-0.2, 0) is 9.53 Å². The molecule has 0 heterocycles. The maximum atomic E-state index is 11.7. The molecular weight excluding hydrogens is 308 g/mol. The van der Waals surface area contributed by atoms with Gasteiger partial charge in [-0.15, -0.1) is 12.4 Å². The van der Waals surface area contributed by atoms with Crippen LogP contribution in [-0.4, -0.2) is 45.4 Å². The molecule has 0 radical (unpaired) electrons. The first kappa shape index (κ1) is 20.5. The molecule has 1 amide bonds. The fraction of sp³-hybridized carbons (Fsp3) is 0.533. The lowest BCUT2D eigenvalue weighted by Gasteiger charge is -2.17. The Kier molecular flexibility index (Phi) is 10.4. The zero-order valence-corrected chi connectivity index (χ0v) is 14.0. The van der Waals surface area contributed by atoms with Crippen LogP contribution in [0, 0.1) is 0 Å². The summed E-state index contributed by atoms with van der Waals surface area (Å²) in [6.45, 7) is 2.62. The van der Waals surface area contributed by atoms with E-state index in [0.717, 1.165) is 5.75 Å². The van der Waals surface area contributed by atoms with Crippen LogP contribution >= 0.6 is 12.4 Å². The predicted octanol–water partition coefficient (Wildman–Crippen LogP) is 1.36. The average Bonchev–Trinajstić information content (AvgIpc) is 2.50. The summed E-state index contributed by atoms with van der Waals surface area (Å²) in [5, 5.41) is 2.80. The van der Waals surface area contributed by atoms with Gasteiger partial charge in [0.2, 0.25) is 5.91 Å². The topological polar surface area (TPSA) is 82.8 Å². The van der Waals surface area contributed by atoms with E-state index in [9.17, 15) is 4.79 Å². The lowest BCUT2D eigenvalue weighted by Crippen LogP contribution is -2.37. The van der Waals surface area contributed by atoms with Gasteiger partial charge in [-0.2, -0.15) is 0 Å². The zero-order chi connectivity index (χ0) is 15.7. The van der Waals surface area contributed by atoms with Crippen molar-refractivity contribution < 1.29 is 19.0 Å². The van der Waals surface area contributed by atoms with Gasteiger partial charge >= 0.3 is 0 Å². The Morgan fingerprint density at radius 1 is 1.32 bits per heavy atom. The number of methoxy groups -OCH3 is 2. The number of carbonyl (C=O) groups excluding carboxylic acids is 1. The van der Waals surface area contributed by atoms with Crippen molar-refractivity contribution in [2.45, 2.75) is 25.6 Å². The van der Waals surface area contributed by atoms with Crippen LogP contribution in [0.4, 0.5) is 0 Å². The lowest BCUT2D eigenvalue weighted by molar-refractivity contribution is -0.123. The highest BCUT2D eigenvalue weighted by Crippen LogP contribution is 2.19. The summed E-state index contributed by atoms with van der Waals surface area (Å²) < 4.78 is 15.9. The predicted molar refractivity (Wildman–Crippen MR) is 87.8 cm³/mol. The molecule has 3 N–H and O–H groups in total. The van der Waals surface area contributed by atoms with Crippen LogP contribution < -0.4 is 20.5 Å². The number of hydrogen-bond acceptors (Lipinski definition) is 5. The van der Waals surface area contributed by atoms with Crippen molar-refractivity contribution >= 4 is 18.3 Å². The van der Waals surface area contributed by atoms with Gasteiger partial charge in [-0.1, -0.05) is 6.07 Å². The number of amides is 1. The Morgan fingerprint density at radius 3 is 2.59 bits per heavy atom. The summed E-state index contributed by atoms with van der Waals surface area (Å²) >= 11 is 0. The molecule has 6 nitrogen and oxygen atoms in total. The number of benzene rings is 1. The number of nitrogens with one attached hydrogen (secondary N) is 1. The SMILES string of the molecule is COc1cccc(OC(C)CNC(=O)CC(CN)OC)c1.Cl. The van der Waals surface area contributed by atoms with Gasteiger partial charge in [-0.3, -0.25) is 4.79 Å². The van der Waals surface area contributed by atoms with Gasteiger partial charge in [-0.05, 0) is 19.1 Å². The largest absolute Gasteiger partial charge is 0.497 e. The van der Waals surface area contributed by atoms with Gasteiger partial charge in [0, 0.05) is 19.7 Å². The first-order valence-electron chi connectivity index (χ1n) is 6.89. The maximum Gasteiger partial charge on any atom is 0.222 e. The molecule has 0 aliphatic rings. The second kappa shape index (κ2) is 11.1. The van der Waals surface area contributed by atoms with E-state index >= 15 is 0 Å². The summed E-state index contributed by atoms with van der Waals surface area (Å²) in [5.41, 5.74) is 5.48. The first-order valence-corrected chi connectivity index (χ1v) is 6.89. The Bertz CT molecular complexity index is 441. The van der Waals surface area contributed by atoms with Gasteiger partial charge in [0.1, 0.15) is 17.6 Å². The quantitative estimate of drug-likeness (QED) is 0.713. The molecule has 0 aromatic heterocycles. The van der Waals surface area contributed by atoms with Crippen LogP contribution in [0.1, 0.15) is 13.3 Å². The summed E-state index contributed by atoms with van der Waals surface area (Å²) in [4.78, 5) is 11.7. The highest BCUT2D eigenvalue weighted by Gasteiger charge is 2.12. The molecule has 1 aromatic carbocycles. The van der Waals surface area contributed by atoms with E-state index in [0.29, 0.717) is 18.8 Å². The van der Waals surface area contributed by atoms with Gasteiger partial charge in [0.15, 0.2) is 0 Å². The number of carbonyl (C=O) groups is 1. The van der Waals surface area contributed by atoms with Crippen LogP contribution in [0.2, 0.25) is 0 Å². The van der Waals surface area contributed by atoms with E-state index in [1.807, 2.05) is 25.1 Å². The first-order chi connectivity index (χ1) is 10.1. The summed E-state index contributed by atoms with van der Waals surface area (Å²) in [7, 11) is 3.14. The molecule has 1 aromatic rings. The number of ether oxygens (including phenoxy) is 3. The van der Waals surface area contributed by atoms with Crippen molar-refractivity contribution in [3.05, 3.63) is 24.3 Å². The van der Waals surface area contributed by atoms with Crippen molar-refractivity contribution in [1.29, 1.82) is 0 Å². The molecule has 2 unspecified atom stereocenters. The van der Waals surface area contributed by atoms with E-state index in [2.05, 4.69) is 5.32 Å². The molecule has 22 heavy (non-hydrogen) atoms. The molecule has 0 aliphatic heterocycles. The molecule has 2 atom stereocenters. The summed E-state index contributed by atoms with van der Waals surface area (Å²) in [6, 6.07) is 7.34. The molecular formula is C15H25ClN2O4. The lowest BCUT2D eigenvalue weighted by atomic mass is 10.2. The third kappa shape index (κ3) is 7.49. The fourth-order valence-electron chi connectivity index (χ4n) is 1.75. The van der Waals surface area contributed by atoms with Crippen molar-refractivity contribution in [2.75, 3.05) is 27.3 Å². The van der Waals surface area contributed by atoms with Crippen molar-refractivity contribution in [3.8, 4) is 11.5 Å². The van der Waals surface area contributed by atoms with Gasteiger partial charge in [0.25, 0.3) is 0 Å². The second-order valence-electron chi connectivity index (χ2n) is 4.71. The molecule has 0 aliphatic carbocycles. The molecule has 0 bridgehead atoms. The van der Waals surface area contributed by atoms with Crippen LogP contribution in [0.15, 0.2) is 24.3 Å². The molecule has 7 heteroatoms. The van der Waals surface area contributed by atoms with Crippen LogP contribution in [0.25, 0.3) is 0 Å². The van der Waals surface area contributed by atoms with E-state index < -0.39 is 0 Å². The monoisotopic (exact) mass is 332 g/mol. The number of nitrogens with two attached hydrogens (primary N) is 1. The number of rotatable bonds is 9. The minimum atomic E-state index is -0.250. The van der Waals surface area contributed by atoms with Crippen molar-refractivity contribution in [2.24, 2.45) is 5.73 Å². The highest BCUT2D eigenvalue weighted by molar-refractivity contribution is 5.85. The Hall–Kier alpha value is -1.50. The highest BCUT2D eigenvalue weighted by atomic mass is 35.5. The second-order valence-corrected chi connectivity index (χ2v) is 4.71. The molecule has 126 valence electrons. The number of halogens is 1. The van der Waals surface area contributed by atoms with E-state index in [4.69, 9.17) is 19.9 Å². The molecule has 0 saturated carbocycles. The third-order valence-corrected chi connectivity index (χ3v) is 2.97. The van der Waals surface area contributed by atoms with Gasteiger partial charge in [-0.25, -0.2) is 0 Å².